The fourth-order valence-electron chi connectivity index (χ4n) is 9.31. The van der Waals surface area contributed by atoms with E-state index in [1.807, 2.05) is 12.1 Å². The molecule has 0 saturated heterocycles. The van der Waals surface area contributed by atoms with Crippen LogP contribution in [0.3, 0.4) is 0 Å². The van der Waals surface area contributed by atoms with E-state index in [-0.39, 0.29) is 38.3 Å². The number of aromatic nitrogens is 4. The highest BCUT2D eigenvalue weighted by molar-refractivity contribution is 6.25. The van der Waals surface area contributed by atoms with E-state index < -0.39 is 0 Å². The number of aromatic amines is 2. The molecule has 0 radical (unpaired) electrons. The summed E-state index contributed by atoms with van der Waals surface area (Å²) >= 11 is 0. The maximum Gasteiger partial charge on any atom is 0.162 e. The van der Waals surface area contributed by atoms with Crippen molar-refractivity contribution in [2.75, 3.05) is 0 Å². The van der Waals surface area contributed by atoms with E-state index in [2.05, 4.69) is 226 Å². The van der Waals surface area contributed by atoms with E-state index in [9.17, 15) is 4.79 Å². The SMILES string of the molecule is CC(=O)C1=Cc2nc1cc1ccc([nH]1)c(-c1cc(C(C)(C)C)cc(C(C)(C)C)c1)c1nc(c(-c3cc(C(C)(C)C)cc(C(C)(C)C)c3)c3ccc([nH]3)c2-c2cc(C(C)(C)C)cc(C(C)(C)C)c2)C=C1. The van der Waals surface area contributed by atoms with Crippen molar-refractivity contribution in [1.82, 2.24) is 19.9 Å². The average Bonchev–Trinajstić information content (AvgIpc) is 4.06. The third-order valence-electron chi connectivity index (χ3n) is 13.9. The van der Waals surface area contributed by atoms with Crippen LogP contribution in [0.4, 0.5) is 0 Å². The Morgan fingerprint density at radius 2 is 0.710 bits per heavy atom. The van der Waals surface area contributed by atoms with Crippen molar-refractivity contribution in [1.29, 1.82) is 0 Å². The smallest absolute Gasteiger partial charge is 0.162 e. The lowest BCUT2D eigenvalue weighted by Gasteiger charge is -2.26. The van der Waals surface area contributed by atoms with Crippen molar-refractivity contribution in [3.05, 3.63) is 141 Å². The van der Waals surface area contributed by atoms with Crippen molar-refractivity contribution in [3.63, 3.8) is 0 Å². The minimum absolute atomic E-state index is 0.0341. The molecule has 0 fully saturated rings. The summed E-state index contributed by atoms with van der Waals surface area (Å²) in [6.45, 7) is 42.8. The minimum atomic E-state index is -0.118. The molecular formula is C64H76N4O. The molecule has 5 heterocycles. The Morgan fingerprint density at radius 3 is 1.04 bits per heavy atom. The molecule has 0 saturated carbocycles. The lowest BCUT2D eigenvalue weighted by atomic mass is 9.78. The number of hydrogen-bond acceptors (Lipinski definition) is 3. The molecule has 69 heavy (non-hydrogen) atoms. The first-order valence-corrected chi connectivity index (χ1v) is 24.9. The van der Waals surface area contributed by atoms with Crippen molar-refractivity contribution in [3.8, 4) is 33.4 Å². The van der Waals surface area contributed by atoms with Gasteiger partial charge in [0.25, 0.3) is 0 Å². The predicted octanol–water partition coefficient (Wildman–Crippen LogP) is 17.4. The second kappa shape index (κ2) is 16.8. The van der Waals surface area contributed by atoms with Crippen molar-refractivity contribution in [2.24, 2.45) is 0 Å². The third kappa shape index (κ3) is 10.0. The first kappa shape index (κ1) is 49.4. The van der Waals surface area contributed by atoms with Gasteiger partial charge in [-0.2, -0.15) is 0 Å². The van der Waals surface area contributed by atoms with E-state index >= 15 is 0 Å². The first-order valence-electron chi connectivity index (χ1n) is 24.9. The van der Waals surface area contributed by atoms with Crippen LogP contribution in [0.15, 0.2) is 84.9 Å². The van der Waals surface area contributed by atoms with Gasteiger partial charge in [0.2, 0.25) is 0 Å². The summed E-state index contributed by atoms with van der Waals surface area (Å²) in [6.07, 6.45) is 6.39. The fraction of sp³-hybridized carbons (Fsp3) is 0.391. The monoisotopic (exact) mass is 917 g/mol. The Bertz CT molecular complexity index is 3190. The zero-order valence-corrected chi connectivity index (χ0v) is 45.1. The number of ketones is 1. The fourth-order valence-corrected chi connectivity index (χ4v) is 9.31. The van der Waals surface area contributed by atoms with Crippen molar-refractivity contribution < 1.29 is 4.79 Å². The molecule has 3 aromatic heterocycles. The van der Waals surface area contributed by atoms with E-state index in [1.54, 1.807) is 6.92 Å². The van der Waals surface area contributed by atoms with Gasteiger partial charge in [-0.25, -0.2) is 9.97 Å². The van der Waals surface area contributed by atoms with Gasteiger partial charge in [0, 0.05) is 44.3 Å². The topological polar surface area (TPSA) is 74.4 Å². The number of nitrogens with zero attached hydrogens (tertiary/aromatic N) is 2. The van der Waals surface area contributed by atoms with Crippen molar-refractivity contribution >= 4 is 51.7 Å². The number of carbonyl (C=O) groups is 1. The van der Waals surface area contributed by atoms with Crippen LogP contribution in [-0.4, -0.2) is 25.7 Å². The molecule has 8 bridgehead atoms. The van der Waals surface area contributed by atoms with Gasteiger partial charge in [-0.3, -0.25) is 4.79 Å². The van der Waals surface area contributed by atoms with Gasteiger partial charge in [0.1, 0.15) is 0 Å². The summed E-state index contributed by atoms with van der Waals surface area (Å²) in [5.41, 5.74) is 20.5. The zero-order valence-electron chi connectivity index (χ0n) is 45.1. The molecule has 5 heteroatoms. The van der Waals surface area contributed by atoms with Crippen LogP contribution >= 0.6 is 0 Å². The number of rotatable bonds is 4. The van der Waals surface area contributed by atoms with E-state index in [0.717, 1.165) is 72.5 Å². The highest BCUT2D eigenvalue weighted by Gasteiger charge is 2.28. The van der Waals surface area contributed by atoms with Gasteiger partial charge in [-0.15, -0.1) is 0 Å². The molecule has 0 atom stereocenters. The molecule has 2 aliphatic heterocycles. The number of carbonyl (C=O) groups excluding carboxylic acids is 1. The molecule has 3 aromatic carbocycles. The quantitative estimate of drug-likeness (QED) is 0.185. The highest BCUT2D eigenvalue weighted by atomic mass is 16.1. The van der Waals surface area contributed by atoms with E-state index in [0.29, 0.717) is 11.3 Å². The Balaban J connectivity index is 1.61. The van der Waals surface area contributed by atoms with Crippen LogP contribution in [0, 0.1) is 0 Å². The number of allylic oxidation sites excluding steroid dienone is 1. The van der Waals surface area contributed by atoms with Crippen LogP contribution in [0.1, 0.15) is 188 Å². The maximum absolute atomic E-state index is 13.7. The van der Waals surface area contributed by atoms with Gasteiger partial charge in [0.15, 0.2) is 5.78 Å². The second-order valence-electron chi connectivity index (χ2n) is 26.0. The predicted molar refractivity (Wildman–Crippen MR) is 297 cm³/mol. The second-order valence-corrected chi connectivity index (χ2v) is 26.0. The normalized spacial score (nSPS) is 13.8. The van der Waals surface area contributed by atoms with Crippen LogP contribution in [0.5, 0.6) is 0 Å². The van der Waals surface area contributed by atoms with Crippen LogP contribution < -0.4 is 0 Å². The first-order chi connectivity index (χ1) is 31.8. The van der Waals surface area contributed by atoms with Crippen LogP contribution in [-0.2, 0) is 37.3 Å². The van der Waals surface area contributed by atoms with Gasteiger partial charge in [-0.1, -0.05) is 179 Å². The number of hydrogen-bond donors (Lipinski definition) is 2. The molecule has 0 amide bonds. The number of fused-ring (bicyclic) bond motifs is 8. The molecule has 358 valence electrons. The molecule has 6 aromatic rings. The Morgan fingerprint density at radius 1 is 0.391 bits per heavy atom. The van der Waals surface area contributed by atoms with E-state index in [4.69, 9.17) is 9.97 Å². The lowest BCUT2D eigenvalue weighted by Crippen LogP contribution is -2.16. The molecule has 8 rings (SSSR count). The zero-order chi connectivity index (χ0) is 50.6. The summed E-state index contributed by atoms with van der Waals surface area (Å²) in [4.78, 5) is 32.6. The Labute approximate surface area is 413 Å². The minimum Gasteiger partial charge on any atom is -0.355 e. The Hall–Kier alpha value is -6.07. The molecule has 0 aliphatic carbocycles. The largest absolute Gasteiger partial charge is 0.355 e. The van der Waals surface area contributed by atoms with Crippen LogP contribution in [0.2, 0.25) is 0 Å². The van der Waals surface area contributed by atoms with Gasteiger partial charge in [0.05, 0.1) is 22.8 Å². The van der Waals surface area contributed by atoms with Gasteiger partial charge >= 0.3 is 0 Å². The summed E-state index contributed by atoms with van der Waals surface area (Å²) < 4.78 is 0. The maximum atomic E-state index is 13.7. The van der Waals surface area contributed by atoms with Crippen molar-refractivity contribution in [2.45, 2.75) is 164 Å². The van der Waals surface area contributed by atoms with Crippen LogP contribution in [0.25, 0.3) is 79.2 Å². The highest BCUT2D eigenvalue weighted by Crippen LogP contribution is 2.43. The summed E-state index contributed by atoms with van der Waals surface area (Å²) in [6, 6.07) is 31.9. The summed E-state index contributed by atoms with van der Waals surface area (Å²) in [7, 11) is 0. The molecule has 5 nitrogen and oxygen atoms in total. The van der Waals surface area contributed by atoms with E-state index in [1.165, 1.54) is 33.4 Å². The van der Waals surface area contributed by atoms with Gasteiger partial charge in [-0.05, 0) is 138 Å². The molecular weight excluding hydrogens is 841 g/mol. The standard InChI is InChI=1S/C64H76N4O/c1-37(69)48-36-55-58(40-30-45(63(14,15)16)34-46(31-40)64(17,18)19)53-25-24-52(67-53)57(39-28-43(61(8,9)10)33-44(29-39)62(11,12)13)51-23-22-50(66-51)56(49-21-20-47(65-49)35-54(48)68-55)38-26-41(59(2,3)4)32-42(27-38)60(5,6)7/h20-36,65,67H,1-19H3. The molecule has 0 spiro atoms. The average molecular weight is 917 g/mol. The lowest BCUT2D eigenvalue weighted by molar-refractivity contribution is -0.111. The number of Topliss-reactive ketones (excluding diaryl/α,β-unsaturated/α-hetero) is 1. The number of benzene rings is 3. The molecule has 2 aliphatic rings. The Kier molecular flexibility index (Phi) is 12.0. The number of H-pyrrole nitrogens is 2. The van der Waals surface area contributed by atoms with Gasteiger partial charge < -0.3 is 9.97 Å². The summed E-state index contributed by atoms with van der Waals surface area (Å²) in [5.74, 6) is -0.0341. The molecule has 0 unspecified atom stereocenters. The summed E-state index contributed by atoms with van der Waals surface area (Å²) in [5, 5.41) is 0. The third-order valence-corrected chi connectivity index (χ3v) is 13.9. The number of nitrogens with one attached hydrogen (secondary N) is 2. The molecule has 2 N–H and O–H groups in total.